The molecule has 0 aliphatic rings. The fourth-order valence-electron chi connectivity index (χ4n) is 2.20. The zero-order valence-electron chi connectivity index (χ0n) is 13.4. The number of carbonyl (C=O) groups excluding carboxylic acids is 1. The number of H-pyrrole nitrogens is 1. The topological polar surface area (TPSA) is 126 Å². The van der Waals surface area contributed by atoms with Crippen LogP contribution in [0.4, 0.5) is 0 Å². The number of nitrogens with zero attached hydrogens (tertiary/aromatic N) is 2. The van der Waals surface area contributed by atoms with Gasteiger partial charge in [-0.15, -0.1) is 0 Å². The molecule has 2 aromatic rings. The molecule has 0 spiro atoms. The van der Waals surface area contributed by atoms with E-state index in [1.165, 1.54) is 0 Å². The number of aromatic amines is 1. The molecular formula is C15H20N4O4S. The molecule has 1 amide bonds. The summed E-state index contributed by atoms with van der Waals surface area (Å²) < 4.78 is 23.6. The number of hydrogen-bond donors (Lipinski definition) is 2. The molecule has 1 aromatic heterocycles. The van der Waals surface area contributed by atoms with Gasteiger partial charge in [-0.2, -0.15) is 0 Å². The molecule has 0 aliphatic carbocycles. The predicted molar refractivity (Wildman–Crippen MR) is 91.2 cm³/mol. The number of amides is 1. The fraction of sp³-hybridized carbons (Fsp3) is 0.400. The van der Waals surface area contributed by atoms with E-state index in [0.29, 0.717) is 23.3 Å². The highest BCUT2D eigenvalue weighted by molar-refractivity contribution is 7.91. The van der Waals surface area contributed by atoms with Gasteiger partial charge in [-0.3, -0.25) is 14.5 Å². The number of benzene rings is 1. The highest BCUT2D eigenvalue weighted by Gasteiger charge is 2.14. The van der Waals surface area contributed by atoms with Crippen molar-refractivity contribution in [3.05, 3.63) is 40.4 Å². The second kappa shape index (κ2) is 7.54. The Morgan fingerprint density at radius 2 is 2.00 bits per heavy atom. The number of para-hydroxylation sites is 1. The van der Waals surface area contributed by atoms with E-state index in [4.69, 9.17) is 5.73 Å². The summed E-state index contributed by atoms with van der Waals surface area (Å²) in [5.74, 6) is -0.504. The second-order valence-electron chi connectivity index (χ2n) is 5.64. The van der Waals surface area contributed by atoms with Crippen molar-refractivity contribution in [1.82, 2.24) is 14.9 Å². The van der Waals surface area contributed by atoms with Gasteiger partial charge in [0.1, 0.15) is 5.82 Å². The third-order valence-electron chi connectivity index (χ3n) is 3.53. The first kappa shape index (κ1) is 18.1. The largest absolute Gasteiger partial charge is 0.370 e. The molecule has 0 fully saturated rings. The van der Waals surface area contributed by atoms with Crippen molar-refractivity contribution in [1.29, 1.82) is 0 Å². The minimum absolute atomic E-state index is 0.0887. The first-order chi connectivity index (χ1) is 11.3. The lowest BCUT2D eigenvalue weighted by Gasteiger charge is -2.16. The van der Waals surface area contributed by atoms with Gasteiger partial charge in [0.05, 0.1) is 29.0 Å². The van der Waals surface area contributed by atoms with Gasteiger partial charge in [0, 0.05) is 13.0 Å². The van der Waals surface area contributed by atoms with Crippen LogP contribution in [-0.2, 0) is 21.2 Å². The first-order valence-electron chi connectivity index (χ1n) is 7.42. The van der Waals surface area contributed by atoms with Crippen molar-refractivity contribution in [2.24, 2.45) is 5.73 Å². The van der Waals surface area contributed by atoms with Crippen LogP contribution < -0.4 is 11.3 Å². The SMILES string of the molecule is CN(CCS(=O)(=O)CCC(N)=O)Cc1nc2ccccc2c(=O)[nH]1. The number of hydrogen-bond acceptors (Lipinski definition) is 6. The summed E-state index contributed by atoms with van der Waals surface area (Å²) >= 11 is 0. The van der Waals surface area contributed by atoms with Crippen LogP contribution in [0, 0.1) is 0 Å². The molecule has 1 aromatic carbocycles. The Morgan fingerprint density at radius 1 is 1.29 bits per heavy atom. The summed E-state index contributed by atoms with van der Waals surface area (Å²) in [6, 6.07) is 7.01. The zero-order valence-corrected chi connectivity index (χ0v) is 14.2. The third-order valence-corrected chi connectivity index (χ3v) is 5.16. The van der Waals surface area contributed by atoms with Gasteiger partial charge in [0.2, 0.25) is 5.91 Å². The van der Waals surface area contributed by atoms with Crippen LogP contribution >= 0.6 is 0 Å². The average Bonchev–Trinajstić information content (AvgIpc) is 2.51. The zero-order chi connectivity index (χ0) is 17.7. The average molecular weight is 352 g/mol. The van der Waals surface area contributed by atoms with Gasteiger partial charge in [-0.25, -0.2) is 13.4 Å². The van der Waals surface area contributed by atoms with E-state index in [1.807, 2.05) is 0 Å². The van der Waals surface area contributed by atoms with E-state index in [-0.39, 0.29) is 30.0 Å². The van der Waals surface area contributed by atoms with Crippen molar-refractivity contribution in [3.8, 4) is 0 Å². The number of sulfone groups is 1. The Kier molecular flexibility index (Phi) is 5.68. The molecule has 0 aliphatic heterocycles. The van der Waals surface area contributed by atoms with Gasteiger partial charge in [-0.05, 0) is 19.2 Å². The second-order valence-corrected chi connectivity index (χ2v) is 7.94. The highest BCUT2D eigenvalue weighted by atomic mass is 32.2. The highest BCUT2D eigenvalue weighted by Crippen LogP contribution is 2.06. The lowest BCUT2D eigenvalue weighted by molar-refractivity contribution is -0.117. The fourth-order valence-corrected chi connectivity index (χ4v) is 3.50. The van der Waals surface area contributed by atoms with Gasteiger partial charge < -0.3 is 10.7 Å². The van der Waals surface area contributed by atoms with Gasteiger partial charge in [-0.1, -0.05) is 12.1 Å². The molecule has 0 radical (unpaired) electrons. The Labute approximate surface area is 139 Å². The smallest absolute Gasteiger partial charge is 0.258 e. The molecule has 130 valence electrons. The molecule has 0 unspecified atom stereocenters. The molecule has 0 atom stereocenters. The van der Waals surface area contributed by atoms with Gasteiger partial charge in [0.15, 0.2) is 9.84 Å². The lowest BCUT2D eigenvalue weighted by Crippen LogP contribution is -2.29. The van der Waals surface area contributed by atoms with E-state index in [1.54, 1.807) is 36.2 Å². The van der Waals surface area contributed by atoms with E-state index in [9.17, 15) is 18.0 Å². The molecule has 8 nitrogen and oxygen atoms in total. The van der Waals surface area contributed by atoms with E-state index < -0.39 is 15.7 Å². The monoisotopic (exact) mass is 352 g/mol. The Morgan fingerprint density at radius 3 is 2.71 bits per heavy atom. The number of nitrogens with one attached hydrogen (secondary N) is 1. The quantitative estimate of drug-likeness (QED) is 0.668. The molecule has 0 saturated carbocycles. The summed E-state index contributed by atoms with van der Waals surface area (Å²) in [4.78, 5) is 31.5. The van der Waals surface area contributed by atoms with E-state index in [2.05, 4.69) is 9.97 Å². The van der Waals surface area contributed by atoms with Crippen LogP contribution in [-0.4, -0.2) is 54.3 Å². The van der Waals surface area contributed by atoms with Crippen LogP contribution in [0.5, 0.6) is 0 Å². The number of primary amides is 1. The van der Waals surface area contributed by atoms with Gasteiger partial charge in [0.25, 0.3) is 5.56 Å². The number of aromatic nitrogens is 2. The van der Waals surface area contributed by atoms with Crippen LogP contribution in [0.1, 0.15) is 12.2 Å². The third kappa shape index (κ3) is 5.14. The maximum atomic E-state index is 12.0. The van der Waals surface area contributed by atoms with E-state index >= 15 is 0 Å². The van der Waals surface area contributed by atoms with E-state index in [0.717, 1.165) is 0 Å². The molecule has 24 heavy (non-hydrogen) atoms. The van der Waals surface area contributed by atoms with Crippen LogP contribution in [0.25, 0.3) is 10.9 Å². The minimum Gasteiger partial charge on any atom is -0.370 e. The maximum Gasteiger partial charge on any atom is 0.258 e. The number of fused-ring (bicyclic) bond motifs is 1. The van der Waals surface area contributed by atoms with Crippen molar-refractivity contribution >= 4 is 26.6 Å². The van der Waals surface area contributed by atoms with Crippen molar-refractivity contribution in [2.75, 3.05) is 25.1 Å². The lowest BCUT2D eigenvalue weighted by atomic mass is 10.2. The van der Waals surface area contributed by atoms with Crippen LogP contribution in [0.15, 0.2) is 29.1 Å². The maximum absolute atomic E-state index is 12.0. The summed E-state index contributed by atoms with van der Waals surface area (Å²) in [5.41, 5.74) is 5.33. The summed E-state index contributed by atoms with van der Waals surface area (Å²) in [6.45, 7) is 0.572. The Bertz CT molecular complexity index is 892. The van der Waals surface area contributed by atoms with Crippen molar-refractivity contribution in [2.45, 2.75) is 13.0 Å². The molecule has 0 saturated heterocycles. The minimum atomic E-state index is -3.34. The number of rotatable bonds is 8. The molecule has 3 N–H and O–H groups in total. The number of carbonyl (C=O) groups is 1. The molecule has 0 bridgehead atoms. The van der Waals surface area contributed by atoms with Crippen molar-refractivity contribution < 1.29 is 13.2 Å². The Hall–Kier alpha value is -2.26. The van der Waals surface area contributed by atoms with Crippen LogP contribution in [0.3, 0.4) is 0 Å². The molecule has 9 heteroatoms. The number of nitrogens with two attached hydrogens (primary N) is 1. The first-order valence-corrected chi connectivity index (χ1v) is 9.24. The molecule has 1 heterocycles. The predicted octanol–water partition coefficient (Wildman–Crippen LogP) is -0.355. The van der Waals surface area contributed by atoms with Gasteiger partial charge >= 0.3 is 0 Å². The molecule has 2 rings (SSSR count). The Balaban J connectivity index is 1.99. The summed E-state index contributed by atoms with van der Waals surface area (Å²) in [5, 5.41) is 0.512. The van der Waals surface area contributed by atoms with Crippen LogP contribution in [0.2, 0.25) is 0 Å². The summed E-state index contributed by atoms with van der Waals surface area (Å²) in [7, 11) is -1.61. The molecular weight excluding hydrogens is 332 g/mol. The summed E-state index contributed by atoms with van der Waals surface area (Å²) in [6.07, 6.45) is -0.175. The normalized spacial score (nSPS) is 11.9. The standard InChI is InChI=1S/C15H20N4O4S/c1-19(7-9-24(22,23)8-6-13(16)20)10-14-17-12-5-3-2-4-11(12)15(21)18-14/h2-5H,6-10H2,1H3,(H2,16,20)(H,17,18,21). The van der Waals surface area contributed by atoms with Crippen molar-refractivity contribution in [3.63, 3.8) is 0 Å².